The number of nitrogens with zero attached hydrogens (tertiary/aromatic N) is 3. The summed E-state index contributed by atoms with van der Waals surface area (Å²) in [5.41, 5.74) is 7.97. The molecule has 0 spiro atoms. The fraction of sp³-hybridized carbons (Fsp3) is 0.692. The Hall–Kier alpha value is -1.52. The van der Waals surface area contributed by atoms with Crippen LogP contribution in [0.2, 0.25) is 0 Å². The van der Waals surface area contributed by atoms with E-state index in [0.717, 1.165) is 30.6 Å². The Morgan fingerprint density at radius 1 is 1.50 bits per heavy atom. The first-order chi connectivity index (χ1) is 8.69. The van der Waals surface area contributed by atoms with Gasteiger partial charge in [-0.1, -0.05) is 26.2 Å². The molecule has 1 aliphatic rings. The quantitative estimate of drug-likeness (QED) is 0.636. The summed E-state index contributed by atoms with van der Waals surface area (Å²) in [4.78, 5) is 4.56. The molecule has 0 atom stereocenters. The number of aliphatic imine (C=N–C) groups is 1. The number of hydrogen-bond acceptors (Lipinski definition) is 2. The summed E-state index contributed by atoms with van der Waals surface area (Å²) < 4.78 is 1.80. The van der Waals surface area contributed by atoms with Crippen molar-refractivity contribution in [3.8, 4) is 0 Å². The zero-order valence-corrected chi connectivity index (χ0v) is 11.3. The minimum absolute atomic E-state index is 0.396. The Bertz CT molecular complexity index is 415. The Kier molecular flexibility index (Phi) is 4.23. The molecule has 1 aromatic rings. The third-order valence-electron chi connectivity index (χ3n) is 3.40. The molecule has 0 bridgehead atoms. The lowest BCUT2D eigenvalue weighted by Gasteiger charge is -2.18. The number of rotatable bonds is 3. The highest BCUT2D eigenvalue weighted by Crippen LogP contribution is 2.20. The molecule has 0 aromatic carbocycles. The summed E-state index contributed by atoms with van der Waals surface area (Å²) >= 11 is 0. The van der Waals surface area contributed by atoms with Crippen LogP contribution >= 0.6 is 0 Å². The maximum atomic E-state index is 5.97. The molecule has 1 saturated carbocycles. The first-order valence-electron chi connectivity index (χ1n) is 6.82. The SMILES string of the molecule is CCc1nn(C)cc1NC(N)=NC1CCCCC1. The average Bonchev–Trinajstić information content (AvgIpc) is 2.70. The lowest BCUT2D eigenvalue weighted by atomic mass is 9.96. The van der Waals surface area contributed by atoms with E-state index in [1.165, 1.54) is 19.3 Å². The van der Waals surface area contributed by atoms with Gasteiger partial charge in [-0.3, -0.25) is 4.68 Å². The molecule has 5 heteroatoms. The van der Waals surface area contributed by atoms with Crippen molar-refractivity contribution in [3.05, 3.63) is 11.9 Å². The minimum Gasteiger partial charge on any atom is -0.370 e. The molecule has 0 saturated heterocycles. The normalized spacial score (nSPS) is 18.0. The van der Waals surface area contributed by atoms with Crippen LogP contribution in [-0.4, -0.2) is 21.8 Å². The summed E-state index contributed by atoms with van der Waals surface area (Å²) in [6.07, 6.45) is 9.04. The molecule has 1 aromatic heterocycles. The second kappa shape index (κ2) is 5.89. The van der Waals surface area contributed by atoms with Crippen LogP contribution in [0, 0.1) is 0 Å². The van der Waals surface area contributed by atoms with Crippen molar-refractivity contribution in [2.24, 2.45) is 17.8 Å². The second-order valence-electron chi connectivity index (χ2n) is 4.95. The number of nitrogens with one attached hydrogen (secondary N) is 1. The van der Waals surface area contributed by atoms with Crippen LogP contribution in [0.1, 0.15) is 44.7 Å². The average molecular weight is 249 g/mol. The van der Waals surface area contributed by atoms with Gasteiger partial charge in [-0.05, 0) is 19.3 Å². The van der Waals surface area contributed by atoms with Crippen molar-refractivity contribution in [2.75, 3.05) is 5.32 Å². The lowest BCUT2D eigenvalue weighted by Crippen LogP contribution is -2.26. The molecule has 1 fully saturated rings. The molecular formula is C13H23N5. The van der Waals surface area contributed by atoms with Gasteiger partial charge >= 0.3 is 0 Å². The molecule has 2 rings (SSSR count). The third-order valence-corrected chi connectivity index (χ3v) is 3.40. The molecule has 1 heterocycles. The van der Waals surface area contributed by atoms with Gasteiger partial charge in [0.2, 0.25) is 0 Å². The summed E-state index contributed by atoms with van der Waals surface area (Å²) in [5.74, 6) is 0.518. The van der Waals surface area contributed by atoms with E-state index in [9.17, 15) is 0 Å². The third kappa shape index (κ3) is 3.24. The summed E-state index contributed by atoms with van der Waals surface area (Å²) in [6, 6.07) is 0.396. The van der Waals surface area contributed by atoms with Crippen molar-refractivity contribution in [1.29, 1.82) is 0 Å². The van der Waals surface area contributed by atoms with E-state index in [-0.39, 0.29) is 0 Å². The smallest absolute Gasteiger partial charge is 0.193 e. The molecule has 0 amide bonds. The first-order valence-corrected chi connectivity index (χ1v) is 6.82. The van der Waals surface area contributed by atoms with E-state index in [1.54, 1.807) is 4.68 Å². The van der Waals surface area contributed by atoms with Gasteiger partial charge in [-0.15, -0.1) is 0 Å². The predicted molar refractivity (Wildman–Crippen MR) is 74.7 cm³/mol. The zero-order chi connectivity index (χ0) is 13.0. The number of guanidine groups is 1. The lowest BCUT2D eigenvalue weighted by molar-refractivity contribution is 0.443. The number of anilines is 1. The van der Waals surface area contributed by atoms with Crippen molar-refractivity contribution in [3.63, 3.8) is 0 Å². The minimum atomic E-state index is 0.396. The van der Waals surface area contributed by atoms with Crippen LogP contribution in [0.4, 0.5) is 5.69 Å². The number of hydrogen-bond donors (Lipinski definition) is 2. The van der Waals surface area contributed by atoms with E-state index in [2.05, 4.69) is 22.3 Å². The van der Waals surface area contributed by atoms with E-state index >= 15 is 0 Å². The maximum Gasteiger partial charge on any atom is 0.193 e. The molecule has 100 valence electrons. The number of nitrogens with two attached hydrogens (primary N) is 1. The maximum absolute atomic E-state index is 5.97. The van der Waals surface area contributed by atoms with Crippen LogP contribution in [0.5, 0.6) is 0 Å². The molecular weight excluding hydrogens is 226 g/mol. The highest BCUT2D eigenvalue weighted by Gasteiger charge is 2.13. The molecule has 0 aliphatic heterocycles. The fourth-order valence-corrected chi connectivity index (χ4v) is 2.48. The van der Waals surface area contributed by atoms with Crippen LogP contribution in [-0.2, 0) is 13.5 Å². The standard InChI is InChI=1S/C13H23N5/c1-3-11-12(9-18(2)17-11)16-13(14)15-10-7-5-4-6-8-10/h9-10H,3-8H2,1-2H3,(H3,14,15,16). The first kappa shape index (κ1) is 12.9. The molecule has 1 aliphatic carbocycles. The molecule has 18 heavy (non-hydrogen) atoms. The highest BCUT2D eigenvalue weighted by atomic mass is 15.3. The van der Waals surface area contributed by atoms with Gasteiger partial charge in [-0.2, -0.15) is 5.10 Å². The van der Waals surface area contributed by atoms with Gasteiger partial charge in [0.1, 0.15) is 0 Å². The van der Waals surface area contributed by atoms with Gasteiger partial charge in [-0.25, -0.2) is 4.99 Å². The van der Waals surface area contributed by atoms with E-state index in [1.807, 2.05) is 13.2 Å². The van der Waals surface area contributed by atoms with Crippen molar-refractivity contribution in [1.82, 2.24) is 9.78 Å². The number of aryl methyl sites for hydroxylation is 2. The topological polar surface area (TPSA) is 68.2 Å². The van der Waals surface area contributed by atoms with Crippen molar-refractivity contribution >= 4 is 11.6 Å². The Morgan fingerprint density at radius 2 is 2.22 bits per heavy atom. The highest BCUT2D eigenvalue weighted by molar-refractivity contribution is 5.92. The van der Waals surface area contributed by atoms with Crippen LogP contribution in [0.25, 0.3) is 0 Å². The Balaban J connectivity index is 2.00. The Labute approximate surface area is 108 Å². The van der Waals surface area contributed by atoms with Crippen LogP contribution < -0.4 is 11.1 Å². The van der Waals surface area contributed by atoms with Crippen LogP contribution in [0.15, 0.2) is 11.2 Å². The van der Waals surface area contributed by atoms with E-state index in [0.29, 0.717) is 12.0 Å². The monoisotopic (exact) mass is 249 g/mol. The predicted octanol–water partition coefficient (Wildman–Crippen LogP) is 2.04. The van der Waals surface area contributed by atoms with Gasteiger partial charge in [0.25, 0.3) is 0 Å². The zero-order valence-electron chi connectivity index (χ0n) is 11.3. The van der Waals surface area contributed by atoms with Crippen molar-refractivity contribution < 1.29 is 0 Å². The summed E-state index contributed by atoms with van der Waals surface area (Å²) in [5, 5.41) is 7.55. The Morgan fingerprint density at radius 3 is 2.89 bits per heavy atom. The molecule has 0 unspecified atom stereocenters. The van der Waals surface area contributed by atoms with Gasteiger partial charge in [0, 0.05) is 13.2 Å². The summed E-state index contributed by atoms with van der Waals surface area (Å²) in [7, 11) is 1.92. The molecule has 3 N–H and O–H groups in total. The molecule has 0 radical (unpaired) electrons. The van der Waals surface area contributed by atoms with Crippen molar-refractivity contribution in [2.45, 2.75) is 51.5 Å². The van der Waals surface area contributed by atoms with Crippen LogP contribution in [0.3, 0.4) is 0 Å². The van der Waals surface area contributed by atoms with Gasteiger partial charge < -0.3 is 11.1 Å². The van der Waals surface area contributed by atoms with Gasteiger partial charge in [0.15, 0.2) is 5.96 Å². The number of aromatic nitrogens is 2. The fourth-order valence-electron chi connectivity index (χ4n) is 2.48. The summed E-state index contributed by atoms with van der Waals surface area (Å²) in [6.45, 7) is 2.09. The van der Waals surface area contributed by atoms with E-state index < -0.39 is 0 Å². The second-order valence-corrected chi connectivity index (χ2v) is 4.95. The molecule has 5 nitrogen and oxygen atoms in total. The van der Waals surface area contributed by atoms with E-state index in [4.69, 9.17) is 5.73 Å². The van der Waals surface area contributed by atoms with Gasteiger partial charge in [0.05, 0.1) is 17.4 Å². The largest absolute Gasteiger partial charge is 0.370 e.